The zero-order valence-electron chi connectivity index (χ0n) is 5.30. The monoisotopic (exact) mass is 121 g/mol. The summed E-state index contributed by atoms with van der Waals surface area (Å²) in [6.07, 6.45) is 1.71. The van der Waals surface area contributed by atoms with Gasteiger partial charge in [0.05, 0.1) is 12.1 Å². The predicted molar refractivity (Wildman–Crippen MR) is 33.9 cm³/mol. The van der Waals surface area contributed by atoms with E-state index in [1.165, 1.54) is 0 Å². The van der Waals surface area contributed by atoms with Gasteiger partial charge in [-0.1, -0.05) is 0 Å². The Kier molecular flexibility index (Phi) is 4.54. The molecule has 9 heavy (non-hydrogen) atoms. The Balaban J connectivity index is 3.21. The summed E-state index contributed by atoms with van der Waals surface area (Å²) in [4.78, 5) is 0. The molecule has 0 aliphatic carbocycles. The fraction of sp³-hybridized carbons (Fsp3) is 0.571. The van der Waals surface area contributed by atoms with Crippen LogP contribution in [0.15, 0.2) is 0 Å². The lowest BCUT2D eigenvalue weighted by Gasteiger charge is -1.99. The van der Waals surface area contributed by atoms with Gasteiger partial charge in [-0.05, 0) is 19.3 Å². The normalized spacial score (nSPS) is 11.4. The maximum Gasteiger partial charge on any atom is 0.0624 e. The summed E-state index contributed by atoms with van der Waals surface area (Å²) >= 11 is 0. The van der Waals surface area contributed by atoms with Gasteiger partial charge in [0.15, 0.2) is 0 Å². The number of nitrogens with zero attached hydrogens (tertiary/aromatic N) is 2. The van der Waals surface area contributed by atoms with Crippen molar-refractivity contribution in [1.29, 1.82) is 10.5 Å². The van der Waals surface area contributed by atoms with Crippen LogP contribution in [-0.2, 0) is 0 Å². The van der Waals surface area contributed by atoms with Gasteiger partial charge in [0.2, 0.25) is 0 Å². The number of hydrogen-bond acceptors (Lipinski definition) is 2. The third-order valence-electron chi connectivity index (χ3n) is 1.04. The highest BCUT2D eigenvalue weighted by Crippen LogP contribution is 2.06. The molecular weight excluding hydrogens is 112 g/mol. The summed E-state index contributed by atoms with van der Waals surface area (Å²) < 4.78 is 0. The zero-order chi connectivity index (χ0) is 7.11. The Morgan fingerprint density at radius 2 is 2.00 bits per heavy atom. The lowest BCUT2D eigenvalue weighted by atomic mass is 10.0. The molecule has 0 aromatic carbocycles. The molecule has 2 nitrogen and oxygen atoms in total. The average Bonchev–Trinajstić information content (AvgIpc) is 1.85. The Morgan fingerprint density at radius 1 is 1.33 bits per heavy atom. The third kappa shape index (κ3) is 4.84. The molecule has 0 amide bonds. The van der Waals surface area contributed by atoms with Crippen molar-refractivity contribution in [2.75, 3.05) is 0 Å². The Labute approximate surface area is 55.7 Å². The van der Waals surface area contributed by atoms with E-state index >= 15 is 0 Å². The van der Waals surface area contributed by atoms with E-state index in [9.17, 15) is 0 Å². The second-order valence-electron chi connectivity index (χ2n) is 1.93. The van der Waals surface area contributed by atoms with Crippen molar-refractivity contribution >= 4 is 0 Å². The fourth-order valence-electron chi connectivity index (χ4n) is 0.500. The van der Waals surface area contributed by atoms with Gasteiger partial charge in [0, 0.05) is 12.8 Å². The van der Waals surface area contributed by atoms with Crippen molar-refractivity contribution in [2.45, 2.75) is 19.3 Å². The van der Waals surface area contributed by atoms with E-state index in [1.807, 2.05) is 12.1 Å². The molecule has 0 spiro atoms. The molecule has 0 rings (SSSR count). The molecule has 0 aromatic rings. The van der Waals surface area contributed by atoms with Crippen molar-refractivity contribution in [1.82, 2.24) is 0 Å². The van der Waals surface area contributed by atoms with Crippen molar-refractivity contribution in [2.24, 2.45) is 5.92 Å². The standard InChI is InChI=1S/C7H9N2/c1-7(4-6-9)3-2-5-8/h7H,1-4H2. The van der Waals surface area contributed by atoms with Crippen LogP contribution in [0.2, 0.25) is 0 Å². The molecule has 1 radical (unpaired) electrons. The lowest BCUT2D eigenvalue weighted by molar-refractivity contribution is 0.612. The molecule has 1 unspecified atom stereocenters. The van der Waals surface area contributed by atoms with Crippen LogP contribution in [0, 0.1) is 35.5 Å². The maximum atomic E-state index is 8.16. The molecule has 0 aliphatic rings. The summed E-state index contributed by atoms with van der Waals surface area (Å²) in [6.45, 7) is 3.69. The van der Waals surface area contributed by atoms with Gasteiger partial charge in [0.25, 0.3) is 0 Å². The van der Waals surface area contributed by atoms with E-state index in [0.717, 1.165) is 6.42 Å². The van der Waals surface area contributed by atoms with Crippen LogP contribution in [-0.4, -0.2) is 0 Å². The Hall–Kier alpha value is -1.02. The predicted octanol–water partition coefficient (Wildman–Crippen LogP) is 1.65. The topological polar surface area (TPSA) is 47.6 Å². The molecule has 0 N–H and O–H groups in total. The van der Waals surface area contributed by atoms with E-state index in [-0.39, 0.29) is 5.92 Å². The average molecular weight is 121 g/mol. The van der Waals surface area contributed by atoms with Crippen molar-refractivity contribution in [3.8, 4) is 12.1 Å². The molecule has 0 saturated carbocycles. The first-order valence-corrected chi connectivity index (χ1v) is 2.88. The van der Waals surface area contributed by atoms with Crippen molar-refractivity contribution < 1.29 is 0 Å². The van der Waals surface area contributed by atoms with Crippen LogP contribution >= 0.6 is 0 Å². The SMILES string of the molecule is [CH2]C(CC#N)CCC#N. The maximum absolute atomic E-state index is 8.16. The van der Waals surface area contributed by atoms with E-state index in [4.69, 9.17) is 10.5 Å². The number of rotatable bonds is 3. The van der Waals surface area contributed by atoms with Gasteiger partial charge < -0.3 is 0 Å². The van der Waals surface area contributed by atoms with Crippen molar-refractivity contribution in [3.63, 3.8) is 0 Å². The summed E-state index contributed by atoms with van der Waals surface area (Å²) in [7, 11) is 0. The second-order valence-corrected chi connectivity index (χ2v) is 1.93. The van der Waals surface area contributed by atoms with Crippen molar-refractivity contribution in [3.05, 3.63) is 6.92 Å². The first-order chi connectivity index (χ1) is 4.31. The summed E-state index contributed by atoms with van der Waals surface area (Å²) in [5.74, 6) is 0.134. The molecule has 0 fully saturated rings. The van der Waals surface area contributed by atoms with Crippen LogP contribution < -0.4 is 0 Å². The van der Waals surface area contributed by atoms with Gasteiger partial charge in [-0.25, -0.2) is 0 Å². The minimum Gasteiger partial charge on any atom is -0.198 e. The van der Waals surface area contributed by atoms with Crippen LogP contribution in [0.1, 0.15) is 19.3 Å². The fourth-order valence-corrected chi connectivity index (χ4v) is 0.500. The highest BCUT2D eigenvalue weighted by atomic mass is 14.2. The minimum atomic E-state index is 0.134. The summed E-state index contributed by atoms with van der Waals surface area (Å²) in [6, 6.07) is 4.01. The molecule has 0 bridgehead atoms. The lowest BCUT2D eigenvalue weighted by Crippen LogP contribution is -1.91. The molecule has 2 heteroatoms. The molecule has 0 aromatic heterocycles. The van der Waals surface area contributed by atoms with E-state index in [0.29, 0.717) is 12.8 Å². The molecule has 0 heterocycles. The van der Waals surface area contributed by atoms with E-state index in [2.05, 4.69) is 6.92 Å². The molecule has 1 atom stereocenters. The van der Waals surface area contributed by atoms with Crippen LogP contribution in [0.3, 0.4) is 0 Å². The Morgan fingerprint density at radius 3 is 2.44 bits per heavy atom. The van der Waals surface area contributed by atoms with Gasteiger partial charge in [0.1, 0.15) is 0 Å². The highest BCUT2D eigenvalue weighted by molar-refractivity contribution is 4.80. The van der Waals surface area contributed by atoms with E-state index in [1.54, 1.807) is 0 Å². The minimum absolute atomic E-state index is 0.134. The first-order valence-electron chi connectivity index (χ1n) is 2.88. The van der Waals surface area contributed by atoms with Gasteiger partial charge in [-0.3, -0.25) is 0 Å². The first kappa shape index (κ1) is 7.98. The van der Waals surface area contributed by atoms with Gasteiger partial charge in [-0.2, -0.15) is 10.5 Å². The van der Waals surface area contributed by atoms with Crippen LogP contribution in [0.5, 0.6) is 0 Å². The van der Waals surface area contributed by atoms with Gasteiger partial charge in [-0.15, -0.1) is 0 Å². The third-order valence-corrected chi connectivity index (χ3v) is 1.04. The highest BCUT2D eigenvalue weighted by Gasteiger charge is 1.98. The van der Waals surface area contributed by atoms with E-state index < -0.39 is 0 Å². The molecule has 47 valence electrons. The van der Waals surface area contributed by atoms with Crippen LogP contribution in [0.4, 0.5) is 0 Å². The quantitative estimate of drug-likeness (QED) is 0.570. The largest absolute Gasteiger partial charge is 0.198 e. The van der Waals surface area contributed by atoms with Gasteiger partial charge >= 0.3 is 0 Å². The zero-order valence-corrected chi connectivity index (χ0v) is 5.30. The molecular formula is C7H9N2. The number of nitriles is 2. The summed E-state index contributed by atoms with van der Waals surface area (Å²) in [5, 5.41) is 16.3. The smallest absolute Gasteiger partial charge is 0.0624 e. The summed E-state index contributed by atoms with van der Waals surface area (Å²) in [5.41, 5.74) is 0. The number of hydrogen-bond donors (Lipinski definition) is 0. The molecule has 0 aliphatic heterocycles. The van der Waals surface area contributed by atoms with Crippen LogP contribution in [0.25, 0.3) is 0 Å². The molecule has 0 saturated heterocycles. The second kappa shape index (κ2) is 5.12. The Bertz CT molecular complexity index is 138.